The molecule has 2 aromatic carbocycles. The fourth-order valence-electron chi connectivity index (χ4n) is 8.59. The molecule has 1 fully saturated rings. The lowest BCUT2D eigenvalue weighted by atomic mass is 9.51. The molecule has 1 saturated carbocycles. The smallest absolute Gasteiger partial charge is 0.347 e. The van der Waals surface area contributed by atoms with Crippen LogP contribution in [-0.2, 0) is 36.1 Å². The van der Waals surface area contributed by atoms with Crippen LogP contribution in [0.4, 0.5) is 0 Å². The zero-order valence-corrected chi connectivity index (χ0v) is 32.0. The Morgan fingerprint density at radius 1 is 0.891 bits per heavy atom. The summed E-state index contributed by atoms with van der Waals surface area (Å²) in [5.74, 6) is -0.686. The van der Waals surface area contributed by atoms with Gasteiger partial charge in [-0.3, -0.25) is 14.4 Å². The summed E-state index contributed by atoms with van der Waals surface area (Å²) in [6.07, 6.45) is 5.60. The van der Waals surface area contributed by atoms with Gasteiger partial charge in [-0.2, -0.15) is 0 Å². The molecule has 1 aliphatic heterocycles. The van der Waals surface area contributed by atoms with Gasteiger partial charge in [-0.05, 0) is 54.7 Å². The lowest BCUT2D eigenvalue weighted by molar-refractivity contribution is -0.141. The highest BCUT2D eigenvalue weighted by Gasteiger charge is 2.59. The van der Waals surface area contributed by atoms with Crippen LogP contribution in [0.3, 0.4) is 0 Å². The van der Waals surface area contributed by atoms with Crippen molar-refractivity contribution in [3.8, 4) is 28.7 Å². The molecule has 7 rings (SSSR count). The zero-order chi connectivity index (χ0) is 39.7. The number of aryl methyl sites for hydroxylation is 2. The number of Topliss-reactive ketones (excluding diaryl/α,β-unsaturated/α-hetero) is 2. The number of phenols is 1. The van der Waals surface area contributed by atoms with Gasteiger partial charge in [-0.1, -0.05) is 25.2 Å². The summed E-state index contributed by atoms with van der Waals surface area (Å²) in [6, 6.07) is 5.85. The van der Waals surface area contributed by atoms with E-state index >= 15 is 0 Å². The molecule has 288 valence electrons. The average molecular weight is 754 g/mol. The van der Waals surface area contributed by atoms with Gasteiger partial charge in [0.1, 0.15) is 5.69 Å². The van der Waals surface area contributed by atoms with E-state index < -0.39 is 34.7 Å². The molecule has 15 heteroatoms. The van der Waals surface area contributed by atoms with Crippen molar-refractivity contribution in [1.82, 2.24) is 23.5 Å². The predicted molar refractivity (Wildman–Crippen MR) is 202 cm³/mol. The fourth-order valence-corrected chi connectivity index (χ4v) is 8.59. The first-order chi connectivity index (χ1) is 26.2. The van der Waals surface area contributed by atoms with Gasteiger partial charge in [0, 0.05) is 44.0 Å². The Bertz CT molecular complexity index is 2560. The summed E-state index contributed by atoms with van der Waals surface area (Å²) in [7, 11) is 7.45. The minimum absolute atomic E-state index is 0.0110. The van der Waals surface area contributed by atoms with Gasteiger partial charge in [0.05, 0.1) is 57.5 Å². The predicted octanol–water partition coefficient (Wildman–Crippen LogP) is 3.37. The van der Waals surface area contributed by atoms with Crippen LogP contribution in [0.5, 0.6) is 28.7 Å². The molecule has 0 bridgehead atoms. The van der Waals surface area contributed by atoms with E-state index in [1.165, 1.54) is 42.4 Å². The van der Waals surface area contributed by atoms with Crippen LogP contribution in [0.15, 0.2) is 67.5 Å². The number of benzene rings is 2. The topological polar surface area (TPSA) is 175 Å². The highest BCUT2D eigenvalue weighted by atomic mass is 16.5. The van der Waals surface area contributed by atoms with Crippen molar-refractivity contribution in [2.75, 3.05) is 28.4 Å². The van der Waals surface area contributed by atoms with Crippen LogP contribution >= 0.6 is 0 Å². The van der Waals surface area contributed by atoms with Crippen LogP contribution in [-0.4, -0.2) is 68.6 Å². The van der Waals surface area contributed by atoms with Crippen LogP contribution in [0.1, 0.15) is 44.5 Å². The quantitative estimate of drug-likeness (QED) is 0.248. The number of fused-ring (bicyclic) bond motifs is 5. The summed E-state index contributed by atoms with van der Waals surface area (Å²) in [4.78, 5) is 74.5. The first kappa shape index (κ1) is 37.2. The van der Waals surface area contributed by atoms with Crippen LogP contribution in [0.25, 0.3) is 17.1 Å². The maximum Gasteiger partial charge on any atom is 0.347 e. The van der Waals surface area contributed by atoms with Gasteiger partial charge in [-0.25, -0.2) is 28.5 Å². The minimum Gasteiger partial charge on any atom is -0.502 e. The van der Waals surface area contributed by atoms with E-state index in [-0.39, 0.29) is 66.0 Å². The summed E-state index contributed by atoms with van der Waals surface area (Å²) >= 11 is 0. The number of ether oxygens (including phenoxy) is 4. The summed E-state index contributed by atoms with van der Waals surface area (Å²) in [6.45, 7) is 5.05. The molecule has 55 heavy (non-hydrogen) atoms. The number of carbonyl (C=O) groups excluding carboxylic acids is 2. The number of allylic oxidation sites excluding steroid dienone is 5. The lowest BCUT2D eigenvalue weighted by Crippen LogP contribution is -2.56. The standard InChI is InChI=1S/C40H43N5O10/c1-20-21(2)36(48)40(3)24(10-9-22-15-32(54-7)35(47)33(16-22)55-8)23-11-14-44-38(50)43(39(51)45(44)28(23)17-25(40)34(20)46)13-12-26-37(49)42(4)29-19-31(53-6)30(52-5)18-27(29)41-26/h9-11,15-16,18-19,24-25,28,47H,12-14,17H2,1-8H3/t24-,25-,28+,40-/m0/s1. The normalized spacial score (nSPS) is 22.0. The Hall–Kier alpha value is -6.12. The molecule has 2 aromatic heterocycles. The van der Waals surface area contributed by atoms with Gasteiger partial charge in [-0.15, -0.1) is 0 Å². The Morgan fingerprint density at radius 3 is 2.16 bits per heavy atom. The average Bonchev–Trinajstić information content (AvgIpc) is 3.43. The molecule has 3 heterocycles. The number of ketones is 2. The number of nitrogens with zero attached hydrogens (tertiary/aromatic N) is 5. The van der Waals surface area contributed by atoms with Crippen LogP contribution in [0, 0.1) is 17.3 Å². The van der Waals surface area contributed by atoms with Crippen molar-refractivity contribution in [2.45, 2.75) is 52.7 Å². The molecule has 3 aliphatic rings. The number of hydrogen-bond acceptors (Lipinski definition) is 11. The molecular weight excluding hydrogens is 710 g/mol. The Kier molecular flexibility index (Phi) is 9.22. The van der Waals surface area contributed by atoms with Gasteiger partial charge in [0.2, 0.25) is 5.75 Å². The fraction of sp³-hybridized carbons (Fsp3) is 0.400. The third kappa shape index (κ3) is 5.54. The molecule has 2 aliphatic carbocycles. The molecule has 0 amide bonds. The van der Waals surface area contributed by atoms with E-state index in [0.29, 0.717) is 39.2 Å². The van der Waals surface area contributed by atoms with Crippen LogP contribution in [0.2, 0.25) is 0 Å². The second kappa shape index (κ2) is 13.6. The molecular formula is C40H43N5O10. The molecule has 4 aromatic rings. The van der Waals surface area contributed by atoms with Crippen molar-refractivity contribution >= 4 is 28.7 Å². The van der Waals surface area contributed by atoms with Gasteiger partial charge in [0.25, 0.3) is 5.56 Å². The van der Waals surface area contributed by atoms with Gasteiger partial charge >= 0.3 is 11.4 Å². The highest BCUT2D eigenvalue weighted by Crippen LogP contribution is 2.57. The first-order valence-corrected chi connectivity index (χ1v) is 17.8. The van der Waals surface area contributed by atoms with Crippen molar-refractivity contribution in [3.05, 3.63) is 95.7 Å². The van der Waals surface area contributed by atoms with Gasteiger partial charge < -0.3 is 28.6 Å². The number of aromatic hydroxyl groups is 1. The number of phenolic OH excluding ortho intramolecular Hbond substituents is 1. The monoisotopic (exact) mass is 753 g/mol. The third-order valence-electron chi connectivity index (χ3n) is 11.8. The number of rotatable bonds is 9. The number of hydrogen-bond donors (Lipinski definition) is 1. The molecule has 4 atom stereocenters. The summed E-state index contributed by atoms with van der Waals surface area (Å²) in [5, 5.41) is 10.5. The van der Waals surface area contributed by atoms with Crippen LogP contribution < -0.4 is 35.9 Å². The van der Waals surface area contributed by atoms with Crippen molar-refractivity contribution in [2.24, 2.45) is 24.3 Å². The summed E-state index contributed by atoms with van der Waals surface area (Å²) in [5.41, 5.74) is 0.547. The molecule has 0 saturated heterocycles. The number of methoxy groups -OCH3 is 4. The minimum atomic E-state index is -1.19. The Balaban J connectivity index is 1.29. The molecule has 0 radical (unpaired) electrons. The maximum absolute atomic E-state index is 14.3. The van der Waals surface area contributed by atoms with E-state index in [4.69, 9.17) is 18.9 Å². The number of carbonyl (C=O) groups is 2. The number of aromatic nitrogens is 5. The largest absolute Gasteiger partial charge is 0.502 e. The Labute approximate surface area is 315 Å². The van der Waals surface area contributed by atoms with Crippen molar-refractivity contribution < 1.29 is 33.6 Å². The molecule has 0 spiro atoms. The van der Waals surface area contributed by atoms with Crippen molar-refractivity contribution in [3.63, 3.8) is 0 Å². The first-order valence-electron chi connectivity index (χ1n) is 17.8. The van der Waals surface area contributed by atoms with E-state index in [1.54, 1.807) is 58.2 Å². The SMILES string of the molecule is COc1cc2nc(CCn3c(=O)n4n(c3=O)[C@@H]3C[C@H]5C(=O)C(C)=C(C)C(=O)[C@@]5(C)[C@@H](C=Cc5cc(OC)c(O)c(OC)c5)C3=CC4)c(=O)n(C)c2cc1OC. The Morgan fingerprint density at radius 2 is 1.53 bits per heavy atom. The lowest BCUT2D eigenvalue weighted by Gasteiger charge is -2.52. The van der Waals surface area contributed by atoms with E-state index in [1.807, 2.05) is 12.2 Å². The highest BCUT2D eigenvalue weighted by molar-refractivity contribution is 6.15. The van der Waals surface area contributed by atoms with E-state index in [9.17, 15) is 29.1 Å². The maximum atomic E-state index is 14.3. The third-order valence-corrected chi connectivity index (χ3v) is 11.8. The summed E-state index contributed by atoms with van der Waals surface area (Å²) < 4.78 is 26.8. The second-order valence-electron chi connectivity index (χ2n) is 14.4. The van der Waals surface area contributed by atoms with E-state index in [0.717, 1.165) is 10.1 Å². The zero-order valence-electron chi connectivity index (χ0n) is 32.0. The van der Waals surface area contributed by atoms with Crippen molar-refractivity contribution in [1.29, 1.82) is 0 Å². The molecule has 0 unspecified atom stereocenters. The van der Waals surface area contributed by atoms with Gasteiger partial charge in [0.15, 0.2) is 34.6 Å². The second-order valence-corrected chi connectivity index (χ2v) is 14.4. The van der Waals surface area contributed by atoms with E-state index in [2.05, 4.69) is 4.98 Å². The molecule has 1 N–H and O–H groups in total. The molecule has 15 nitrogen and oxygen atoms in total.